The van der Waals surface area contributed by atoms with Crippen LogP contribution in [0.4, 0.5) is 29.1 Å². The van der Waals surface area contributed by atoms with Crippen LogP contribution in [0.3, 0.4) is 0 Å². The summed E-state index contributed by atoms with van der Waals surface area (Å²) in [5, 5.41) is 20.7. The number of aliphatic hydroxyl groups is 2. The molecule has 5 fully saturated rings. The van der Waals surface area contributed by atoms with Gasteiger partial charge in [0.05, 0.1) is 39.1 Å². The molecule has 0 bridgehead atoms. The monoisotopic (exact) mass is 1380 g/mol. The van der Waals surface area contributed by atoms with E-state index in [-0.39, 0.29) is 41.9 Å². The fraction of sp³-hybridized carbons (Fsp3) is 0.556. The third-order valence-electron chi connectivity index (χ3n) is 14.6. The molecule has 10 heterocycles. The van der Waals surface area contributed by atoms with E-state index in [0.29, 0.717) is 0 Å². The lowest BCUT2D eigenvalue weighted by molar-refractivity contribution is -0.0650. The summed E-state index contributed by atoms with van der Waals surface area (Å²) < 4.78 is 132. The number of nitrogen functional groups attached to an aromatic ring is 5. The molecule has 47 heteroatoms. The molecule has 0 amide bonds. The standard InChI is InChI=1S/C45H61N15O28P4/c46-31-1-6-56(41(63)51-31)36-11-21(62)27(81-36)17-76-89(68,69)86-23-13-38(58-8-3-33(48)53-43(58)65)83-29(23)19-78-91(72,73)88-25-15-40(60-10-5-35(50)55-45(60)67)84-30(25)20-79-92(74,75)87-24-14-39(59-9-4-34(49)54-44(59)66)82-28(24)18-77-90(70,71)85-22-12-37(80-26(22)16-61)57-7-2-32(47)52-42(57)64/h1-10,21-30,36-40,61-62H,11-20H2,(H,68,69)(H,70,71)(H,72,73)(H,74,75)(H2,46,51,63)(H2,47,52,64)(H2,48,53,65)(H2,49,54,66)(H2,50,55,67)/t21-,22-,23-,24-,25-,26+,27+,28+,29+,30+,36+,37+,38+,39+,40+/m0/s1. The summed E-state index contributed by atoms with van der Waals surface area (Å²) in [4.78, 5) is 126. The molecule has 5 aliphatic rings. The molecular weight excluding hydrogens is 1320 g/mol. The molecular formula is C45H61N15O28P4. The molecule has 0 radical (unpaired) electrons. The first-order valence-corrected chi connectivity index (χ1v) is 33.3. The molecule has 0 aliphatic carbocycles. The second-order valence-corrected chi connectivity index (χ2v) is 26.5. The number of ether oxygens (including phenoxy) is 5. The third kappa shape index (κ3) is 16.7. The van der Waals surface area contributed by atoms with Gasteiger partial charge in [-0.25, -0.2) is 42.2 Å². The van der Waals surface area contributed by atoms with Crippen LogP contribution in [0.25, 0.3) is 0 Å². The number of rotatable bonds is 26. The molecule has 19 atom stereocenters. The summed E-state index contributed by atoms with van der Waals surface area (Å²) in [5.74, 6) is -0.764. The quantitative estimate of drug-likeness (QED) is 0.0246. The molecule has 0 saturated carbocycles. The van der Waals surface area contributed by atoms with Crippen LogP contribution in [0.2, 0.25) is 0 Å². The summed E-state index contributed by atoms with van der Waals surface area (Å²) in [5.41, 5.74) is 23.6. The minimum absolute atomic E-state index is 0.0808. The lowest BCUT2D eigenvalue weighted by Gasteiger charge is -2.25. The first-order chi connectivity index (χ1) is 43.4. The van der Waals surface area contributed by atoms with E-state index in [9.17, 15) is 72.0 Å². The van der Waals surface area contributed by atoms with E-state index in [4.69, 9.17) is 88.5 Å². The first kappa shape index (κ1) is 68.4. The number of hydrogen-bond acceptors (Lipinski definition) is 34. The van der Waals surface area contributed by atoms with E-state index in [0.717, 1.165) is 35.2 Å². The lowest BCUT2D eigenvalue weighted by atomic mass is 10.2. The Morgan fingerprint density at radius 3 is 0.859 bits per heavy atom. The number of anilines is 5. The Bertz CT molecular complexity index is 4020. The molecule has 5 saturated heterocycles. The largest absolute Gasteiger partial charge is 0.472 e. The van der Waals surface area contributed by atoms with Gasteiger partial charge < -0.3 is 82.1 Å². The maximum absolute atomic E-state index is 14.0. The summed E-state index contributed by atoms with van der Waals surface area (Å²) in [6.07, 6.45) is -17.7. The number of hydrogen-bond donors (Lipinski definition) is 11. The SMILES string of the molecule is Nc1ccn([C@H]2C[C@H](OP(=O)(O)OC[C@H]3O[C@@H](n4ccc(N)nc4=O)C[C@@H]3OP(=O)(O)OC[C@H]3O[C@@H](n4ccc(N)nc4=O)C[C@@H]3OP(=O)(O)OC[C@H]3O[C@@H](n4ccc(N)nc4=O)C[C@@H]3OP(=O)(O)OC[C@H]3O[C@@H](n4ccc(N)nc4=O)C[C@@H]3O)[C@@H](CO)O2)c(=O)n1. The van der Waals surface area contributed by atoms with Gasteiger partial charge in [-0.1, -0.05) is 0 Å². The summed E-state index contributed by atoms with van der Waals surface area (Å²) in [7, 11) is -21.4. The molecule has 5 aliphatic heterocycles. The van der Waals surface area contributed by atoms with Gasteiger partial charge in [0.15, 0.2) is 0 Å². The van der Waals surface area contributed by atoms with Gasteiger partial charge in [0.1, 0.15) is 115 Å². The van der Waals surface area contributed by atoms with Gasteiger partial charge in [0.25, 0.3) is 0 Å². The van der Waals surface area contributed by atoms with Gasteiger partial charge in [-0.05, 0) is 30.3 Å². The summed E-state index contributed by atoms with van der Waals surface area (Å²) in [6.45, 7) is -4.63. The molecule has 504 valence electrons. The van der Waals surface area contributed by atoms with Crippen molar-refractivity contribution in [3.05, 3.63) is 114 Å². The number of nitrogens with zero attached hydrogens (tertiary/aromatic N) is 10. The molecule has 43 nitrogen and oxygen atoms in total. The molecule has 5 aromatic heterocycles. The van der Waals surface area contributed by atoms with E-state index in [2.05, 4.69) is 24.9 Å². The Kier molecular flexibility index (Phi) is 20.7. The third-order valence-corrected chi connectivity index (χ3v) is 18.6. The number of aliphatic hydroxyl groups excluding tert-OH is 2. The topological polar surface area (TPSA) is 614 Å². The van der Waals surface area contributed by atoms with E-state index >= 15 is 0 Å². The fourth-order valence-electron chi connectivity index (χ4n) is 10.3. The van der Waals surface area contributed by atoms with Crippen LogP contribution < -0.4 is 57.1 Å². The van der Waals surface area contributed by atoms with Gasteiger partial charge >= 0.3 is 59.7 Å². The second-order valence-electron chi connectivity index (χ2n) is 20.9. The van der Waals surface area contributed by atoms with Crippen molar-refractivity contribution >= 4 is 60.4 Å². The molecule has 4 unspecified atom stereocenters. The Morgan fingerprint density at radius 2 is 0.609 bits per heavy atom. The van der Waals surface area contributed by atoms with Gasteiger partial charge in [0, 0.05) is 63.1 Å². The Labute approximate surface area is 514 Å². The number of phosphoric acid groups is 4. The fourth-order valence-corrected chi connectivity index (χ4v) is 14.1. The van der Waals surface area contributed by atoms with Crippen molar-refractivity contribution < 1.29 is 108 Å². The zero-order valence-corrected chi connectivity index (χ0v) is 50.9. The van der Waals surface area contributed by atoms with Gasteiger partial charge in [-0.15, -0.1) is 0 Å². The van der Waals surface area contributed by atoms with Crippen molar-refractivity contribution in [2.45, 2.75) is 124 Å². The molecule has 10 rings (SSSR count). The Balaban J connectivity index is 0.814. The highest BCUT2D eigenvalue weighted by Crippen LogP contribution is 2.55. The summed E-state index contributed by atoms with van der Waals surface area (Å²) in [6, 6.07) is 6.23. The normalized spacial score (nSPS) is 30.8. The average molecular weight is 1380 g/mol. The lowest BCUT2D eigenvalue weighted by Crippen LogP contribution is -2.32. The van der Waals surface area contributed by atoms with Crippen LogP contribution in [0, 0.1) is 0 Å². The van der Waals surface area contributed by atoms with Crippen LogP contribution >= 0.6 is 31.3 Å². The van der Waals surface area contributed by atoms with Crippen LogP contribution in [-0.4, -0.2) is 172 Å². The number of nitrogens with two attached hydrogens (primary N) is 5. The molecule has 5 aromatic rings. The van der Waals surface area contributed by atoms with Gasteiger partial charge in [-0.3, -0.25) is 59.0 Å². The van der Waals surface area contributed by atoms with Crippen LogP contribution in [0.5, 0.6) is 0 Å². The van der Waals surface area contributed by atoms with Crippen molar-refractivity contribution in [1.29, 1.82) is 0 Å². The van der Waals surface area contributed by atoms with Crippen molar-refractivity contribution in [3.63, 3.8) is 0 Å². The van der Waals surface area contributed by atoms with Crippen LogP contribution in [0.15, 0.2) is 85.3 Å². The number of aromatic nitrogens is 10. The highest BCUT2D eigenvalue weighted by Gasteiger charge is 2.50. The van der Waals surface area contributed by atoms with E-state index in [1.165, 1.54) is 48.9 Å². The van der Waals surface area contributed by atoms with Crippen molar-refractivity contribution in [2.24, 2.45) is 0 Å². The van der Waals surface area contributed by atoms with Crippen molar-refractivity contribution in [1.82, 2.24) is 47.8 Å². The molecule has 0 spiro atoms. The minimum atomic E-state index is -5.49. The van der Waals surface area contributed by atoms with Gasteiger partial charge in [0.2, 0.25) is 0 Å². The van der Waals surface area contributed by atoms with Crippen LogP contribution in [0.1, 0.15) is 63.2 Å². The van der Waals surface area contributed by atoms with Crippen LogP contribution in [-0.2, 0) is 78.1 Å². The Hall–Kier alpha value is -6.44. The first-order valence-electron chi connectivity index (χ1n) is 27.3. The van der Waals surface area contributed by atoms with Crippen molar-refractivity contribution in [2.75, 3.05) is 61.7 Å². The summed E-state index contributed by atoms with van der Waals surface area (Å²) >= 11 is 0. The molecule has 0 aromatic carbocycles. The zero-order chi connectivity index (χ0) is 66.2. The predicted octanol–water partition coefficient (Wildman–Crippen LogP) is -3.02. The van der Waals surface area contributed by atoms with E-state index in [1.54, 1.807) is 0 Å². The average Bonchev–Trinajstić information content (AvgIpc) is 1.69. The molecule has 92 heavy (non-hydrogen) atoms. The maximum Gasteiger partial charge on any atom is 0.472 e. The maximum atomic E-state index is 14.0. The Morgan fingerprint density at radius 1 is 0.391 bits per heavy atom. The highest BCUT2D eigenvalue weighted by atomic mass is 31.2. The zero-order valence-electron chi connectivity index (χ0n) is 47.3. The highest BCUT2D eigenvalue weighted by molar-refractivity contribution is 7.48. The predicted molar refractivity (Wildman–Crippen MR) is 303 cm³/mol. The second kappa shape index (κ2) is 27.9. The van der Waals surface area contributed by atoms with E-state index < -0.39 is 204 Å². The molecule has 16 N–H and O–H groups in total. The van der Waals surface area contributed by atoms with E-state index in [1.807, 2.05) is 0 Å². The van der Waals surface area contributed by atoms with Crippen molar-refractivity contribution in [3.8, 4) is 0 Å². The number of phosphoric ester groups is 4. The van der Waals surface area contributed by atoms with Gasteiger partial charge in [-0.2, -0.15) is 24.9 Å². The smallest absolute Gasteiger partial charge is 0.394 e. The minimum Gasteiger partial charge on any atom is -0.394 e.